The lowest BCUT2D eigenvalue weighted by Crippen LogP contribution is -2.23. The van der Waals surface area contributed by atoms with Crippen LogP contribution in [-0.4, -0.2) is 21.2 Å². The van der Waals surface area contributed by atoms with Gasteiger partial charge in [-0.3, -0.25) is 9.58 Å². The van der Waals surface area contributed by atoms with Gasteiger partial charge in [0.05, 0.1) is 11.4 Å². The zero-order valence-corrected chi connectivity index (χ0v) is 11.9. The molecule has 0 saturated heterocycles. The van der Waals surface area contributed by atoms with Crippen LogP contribution in [0, 0.1) is 6.92 Å². The summed E-state index contributed by atoms with van der Waals surface area (Å²) < 4.78 is 1.96. The van der Waals surface area contributed by atoms with Crippen LogP contribution >= 0.6 is 0 Å². The molecule has 0 bridgehead atoms. The molecule has 0 fully saturated rings. The first-order valence-corrected chi connectivity index (χ1v) is 6.64. The SMILES string of the molecule is CCN(Cc1cccc(N)c1)Cc1cc(C)nn1C. The van der Waals surface area contributed by atoms with Gasteiger partial charge < -0.3 is 5.73 Å². The maximum Gasteiger partial charge on any atom is 0.0597 e. The molecule has 19 heavy (non-hydrogen) atoms. The van der Waals surface area contributed by atoms with Gasteiger partial charge in [-0.05, 0) is 37.2 Å². The molecule has 102 valence electrons. The van der Waals surface area contributed by atoms with Crippen LogP contribution in [0.15, 0.2) is 30.3 Å². The minimum atomic E-state index is 0.824. The van der Waals surface area contributed by atoms with E-state index in [9.17, 15) is 0 Å². The van der Waals surface area contributed by atoms with Crippen LogP contribution in [0.25, 0.3) is 0 Å². The maximum atomic E-state index is 5.82. The Labute approximate surface area is 114 Å². The van der Waals surface area contributed by atoms with E-state index < -0.39 is 0 Å². The van der Waals surface area contributed by atoms with Crippen LogP contribution in [-0.2, 0) is 20.1 Å². The molecule has 2 rings (SSSR count). The molecular weight excluding hydrogens is 236 g/mol. The van der Waals surface area contributed by atoms with Crippen LogP contribution in [0.4, 0.5) is 5.69 Å². The highest BCUT2D eigenvalue weighted by atomic mass is 15.3. The number of rotatable bonds is 5. The topological polar surface area (TPSA) is 47.1 Å². The Morgan fingerprint density at radius 3 is 2.63 bits per heavy atom. The molecule has 2 aromatic rings. The Morgan fingerprint density at radius 2 is 2.05 bits per heavy atom. The van der Waals surface area contributed by atoms with Crippen molar-refractivity contribution in [3.8, 4) is 0 Å². The summed E-state index contributed by atoms with van der Waals surface area (Å²) in [4.78, 5) is 2.38. The van der Waals surface area contributed by atoms with E-state index >= 15 is 0 Å². The van der Waals surface area contributed by atoms with E-state index in [2.05, 4.69) is 29.1 Å². The summed E-state index contributed by atoms with van der Waals surface area (Å²) in [6.07, 6.45) is 0. The van der Waals surface area contributed by atoms with E-state index in [4.69, 9.17) is 5.73 Å². The van der Waals surface area contributed by atoms with E-state index in [1.165, 1.54) is 11.3 Å². The molecule has 0 aliphatic carbocycles. The molecule has 4 nitrogen and oxygen atoms in total. The molecule has 1 heterocycles. The quantitative estimate of drug-likeness (QED) is 0.837. The summed E-state index contributed by atoms with van der Waals surface area (Å²) >= 11 is 0. The summed E-state index contributed by atoms with van der Waals surface area (Å²) in [5, 5.41) is 4.39. The number of hydrogen-bond acceptors (Lipinski definition) is 3. The zero-order valence-electron chi connectivity index (χ0n) is 11.9. The molecule has 0 aliphatic heterocycles. The first-order chi connectivity index (χ1) is 9.08. The number of aromatic nitrogens is 2. The van der Waals surface area contributed by atoms with E-state index in [-0.39, 0.29) is 0 Å². The third kappa shape index (κ3) is 3.58. The predicted molar refractivity (Wildman–Crippen MR) is 78.6 cm³/mol. The first kappa shape index (κ1) is 13.6. The average Bonchev–Trinajstić information content (AvgIpc) is 2.67. The third-order valence-electron chi connectivity index (χ3n) is 3.29. The van der Waals surface area contributed by atoms with Crippen molar-refractivity contribution >= 4 is 5.69 Å². The molecule has 1 aromatic heterocycles. The Bertz CT molecular complexity index is 545. The number of nitrogens with two attached hydrogens (primary N) is 1. The van der Waals surface area contributed by atoms with Crippen molar-refractivity contribution in [3.63, 3.8) is 0 Å². The lowest BCUT2D eigenvalue weighted by atomic mass is 10.2. The summed E-state index contributed by atoms with van der Waals surface area (Å²) in [7, 11) is 2.00. The minimum Gasteiger partial charge on any atom is -0.399 e. The normalized spacial score (nSPS) is 11.2. The van der Waals surface area contributed by atoms with Crippen LogP contribution in [0.2, 0.25) is 0 Å². The molecular formula is C15H22N4. The Morgan fingerprint density at radius 1 is 1.26 bits per heavy atom. The van der Waals surface area contributed by atoms with Gasteiger partial charge in [0, 0.05) is 25.8 Å². The van der Waals surface area contributed by atoms with Gasteiger partial charge in [-0.15, -0.1) is 0 Å². The van der Waals surface area contributed by atoms with Gasteiger partial charge >= 0.3 is 0 Å². The Kier molecular flexibility index (Phi) is 4.22. The molecule has 0 saturated carbocycles. The maximum absolute atomic E-state index is 5.82. The summed E-state index contributed by atoms with van der Waals surface area (Å²) in [6, 6.07) is 10.2. The summed E-state index contributed by atoms with van der Waals surface area (Å²) in [5.41, 5.74) is 10.2. The third-order valence-corrected chi connectivity index (χ3v) is 3.29. The molecule has 2 N–H and O–H groups in total. The van der Waals surface area contributed by atoms with Crippen molar-refractivity contribution in [3.05, 3.63) is 47.3 Å². The van der Waals surface area contributed by atoms with Crippen molar-refractivity contribution in [2.24, 2.45) is 7.05 Å². The lowest BCUT2D eigenvalue weighted by molar-refractivity contribution is 0.264. The summed E-state index contributed by atoms with van der Waals surface area (Å²) in [5.74, 6) is 0. The molecule has 0 radical (unpaired) electrons. The predicted octanol–water partition coefficient (Wildman–Crippen LogP) is 2.33. The van der Waals surface area contributed by atoms with Gasteiger partial charge in [0.2, 0.25) is 0 Å². The number of aryl methyl sites for hydroxylation is 2. The van der Waals surface area contributed by atoms with Crippen molar-refractivity contribution in [2.45, 2.75) is 26.9 Å². The second-order valence-corrected chi connectivity index (χ2v) is 4.95. The first-order valence-electron chi connectivity index (χ1n) is 6.64. The van der Waals surface area contributed by atoms with Crippen molar-refractivity contribution in [1.29, 1.82) is 0 Å². The standard InChI is InChI=1S/C15H22N4/c1-4-19(10-13-6-5-7-14(16)9-13)11-15-8-12(2)17-18(15)3/h5-9H,4,10-11,16H2,1-3H3. The summed E-state index contributed by atoms with van der Waals surface area (Å²) in [6.45, 7) is 7.01. The van der Waals surface area contributed by atoms with Crippen LogP contribution in [0.1, 0.15) is 23.9 Å². The van der Waals surface area contributed by atoms with Gasteiger partial charge in [-0.2, -0.15) is 5.10 Å². The fourth-order valence-electron chi connectivity index (χ4n) is 2.27. The lowest BCUT2D eigenvalue weighted by Gasteiger charge is -2.20. The van der Waals surface area contributed by atoms with Gasteiger partial charge in [0.1, 0.15) is 0 Å². The number of nitrogen functional groups attached to an aromatic ring is 1. The molecule has 0 atom stereocenters. The monoisotopic (exact) mass is 258 g/mol. The zero-order chi connectivity index (χ0) is 13.8. The van der Waals surface area contributed by atoms with Crippen LogP contribution < -0.4 is 5.73 Å². The average molecular weight is 258 g/mol. The highest BCUT2D eigenvalue weighted by Gasteiger charge is 2.09. The Hall–Kier alpha value is -1.81. The van der Waals surface area contributed by atoms with E-state index in [1.807, 2.05) is 36.9 Å². The second kappa shape index (κ2) is 5.89. The molecule has 0 amide bonds. The minimum absolute atomic E-state index is 0.824. The fourth-order valence-corrected chi connectivity index (χ4v) is 2.27. The van der Waals surface area contributed by atoms with Crippen molar-refractivity contribution in [1.82, 2.24) is 14.7 Å². The fraction of sp³-hybridized carbons (Fsp3) is 0.400. The number of anilines is 1. The molecule has 0 aliphatic rings. The molecule has 4 heteroatoms. The van der Waals surface area contributed by atoms with Gasteiger partial charge in [-0.1, -0.05) is 19.1 Å². The van der Waals surface area contributed by atoms with Crippen molar-refractivity contribution < 1.29 is 0 Å². The van der Waals surface area contributed by atoms with Gasteiger partial charge in [-0.25, -0.2) is 0 Å². The highest BCUT2D eigenvalue weighted by Crippen LogP contribution is 2.12. The molecule has 0 spiro atoms. The van der Waals surface area contributed by atoms with E-state index in [0.717, 1.165) is 31.0 Å². The molecule has 1 aromatic carbocycles. The number of hydrogen-bond donors (Lipinski definition) is 1. The van der Waals surface area contributed by atoms with Crippen molar-refractivity contribution in [2.75, 3.05) is 12.3 Å². The van der Waals surface area contributed by atoms with Crippen LogP contribution in [0.5, 0.6) is 0 Å². The van der Waals surface area contributed by atoms with Gasteiger partial charge in [0.25, 0.3) is 0 Å². The number of nitrogens with zero attached hydrogens (tertiary/aromatic N) is 3. The second-order valence-electron chi connectivity index (χ2n) is 4.95. The van der Waals surface area contributed by atoms with E-state index in [1.54, 1.807) is 0 Å². The largest absolute Gasteiger partial charge is 0.399 e. The highest BCUT2D eigenvalue weighted by molar-refractivity contribution is 5.40. The van der Waals surface area contributed by atoms with Crippen LogP contribution in [0.3, 0.4) is 0 Å². The van der Waals surface area contributed by atoms with Gasteiger partial charge in [0.15, 0.2) is 0 Å². The Balaban J connectivity index is 2.06. The number of benzene rings is 1. The smallest absolute Gasteiger partial charge is 0.0597 e. The molecule has 0 unspecified atom stereocenters. The van der Waals surface area contributed by atoms with E-state index in [0.29, 0.717) is 0 Å².